The molecule has 1 amide bonds. The average Bonchev–Trinajstić information content (AvgIpc) is 3.16. The van der Waals surface area contributed by atoms with Crippen LogP contribution in [0, 0.1) is 6.92 Å². The second-order valence-electron chi connectivity index (χ2n) is 4.67. The van der Waals surface area contributed by atoms with E-state index in [1.165, 1.54) is 12.8 Å². The van der Waals surface area contributed by atoms with E-state index in [4.69, 9.17) is 5.73 Å². The summed E-state index contributed by atoms with van der Waals surface area (Å²) in [7, 11) is 0. The standard InChI is InChI=1S/C14H20N2OS/c1-3-16(11-7-8-11)14(17)9-18-13-6-4-5-12(15)10(13)2/h4-6,11H,3,7-9,15H2,1-2H3. The van der Waals surface area contributed by atoms with Crippen LogP contribution in [0.2, 0.25) is 0 Å². The van der Waals surface area contributed by atoms with Gasteiger partial charge in [-0.05, 0) is 44.4 Å². The number of nitrogens with two attached hydrogens (primary N) is 1. The number of carbonyl (C=O) groups excluding carboxylic acids is 1. The lowest BCUT2D eigenvalue weighted by atomic mass is 10.2. The van der Waals surface area contributed by atoms with Gasteiger partial charge in [0.1, 0.15) is 0 Å². The Hall–Kier alpha value is -1.16. The highest BCUT2D eigenvalue weighted by atomic mass is 32.2. The van der Waals surface area contributed by atoms with Crippen molar-refractivity contribution in [1.29, 1.82) is 0 Å². The van der Waals surface area contributed by atoms with Crippen LogP contribution >= 0.6 is 11.8 Å². The van der Waals surface area contributed by atoms with Gasteiger partial charge in [-0.1, -0.05) is 6.07 Å². The summed E-state index contributed by atoms with van der Waals surface area (Å²) in [5, 5.41) is 0. The van der Waals surface area contributed by atoms with Crippen LogP contribution in [0.3, 0.4) is 0 Å². The summed E-state index contributed by atoms with van der Waals surface area (Å²) < 4.78 is 0. The number of rotatable bonds is 5. The molecule has 18 heavy (non-hydrogen) atoms. The van der Waals surface area contributed by atoms with E-state index in [0.717, 1.165) is 22.7 Å². The number of amides is 1. The molecule has 0 atom stereocenters. The first-order valence-corrected chi connectivity index (χ1v) is 7.39. The molecule has 1 aliphatic carbocycles. The molecule has 0 unspecified atom stereocenters. The molecule has 0 aromatic heterocycles. The molecule has 2 N–H and O–H groups in total. The van der Waals surface area contributed by atoms with Crippen molar-refractivity contribution in [3.8, 4) is 0 Å². The van der Waals surface area contributed by atoms with Crippen LogP contribution in [0.1, 0.15) is 25.3 Å². The number of benzene rings is 1. The van der Waals surface area contributed by atoms with Crippen LogP contribution < -0.4 is 5.73 Å². The molecule has 1 fully saturated rings. The van der Waals surface area contributed by atoms with E-state index in [0.29, 0.717) is 11.8 Å². The highest BCUT2D eigenvalue weighted by molar-refractivity contribution is 8.00. The summed E-state index contributed by atoms with van der Waals surface area (Å²) in [6, 6.07) is 6.36. The molecule has 0 radical (unpaired) electrons. The lowest BCUT2D eigenvalue weighted by molar-refractivity contribution is -0.128. The number of hydrogen-bond donors (Lipinski definition) is 1. The van der Waals surface area contributed by atoms with Gasteiger partial charge in [-0.25, -0.2) is 0 Å². The van der Waals surface area contributed by atoms with Crippen molar-refractivity contribution < 1.29 is 4.79 Å². The highest BCUT2D eigenvalue weighted by Crippen LogP contribution is 2.29. The smallest absolute Gasteiger partial charge is 0.233 e. The second-order valence-corrected chi connectivity index (χ2v) is 5.69. The van der Waals surface area contributed by atoms with Gasteiger partial charge in [-0.3, -0.25) is 4.79 Å². The van der Waals surface area contributed by atoms with Crippen molar-refractivity contribution in [2.75, 3.05) is 18.0 Å². The van der Waals surface area contributed by atoms with Crippen molar-refractivity contribution >= 4 is 23.4 Å². The highest BCUT2D eigenvalue weighted by Gasteiger charge is 2.31. The molecule has 2 rings (SSSR count). The Balaban J connectivity index is 1.94. The van der Waals surface area contributed by atoms with Gasteiger partial charge in [-0.2, -0.15) is 0 Å². The van der Waals surface area contributed by atoms with Crippen molar-refractivity contribution in [2.24, 2.45) is 0 Å². The number of anilines is 1. The molecule has 3 nitrogen and oxygen atoms in total. The minimum atomic E-state index is 0.242. The minimum Gasteiger partial charge on any atom is -0.398 e. The zero-order valence-electron chi connectivity index (χ0n) is 11.0. The second kappa shape index (κ2) is 5.65. The molecule has 4 heteroatoms. The van der Waals surface area contributed by atoms with Gasteiger partial charge in [0.2, 0.25) is 5.91 Å². The van der Waals surface area contributed by atoms with Gasteiger partial charge in [0, 0.05) is 23.2 Å². The Labute approximate surface area is 113 Å². The summed E-state index contributed by atoms with van der Waals surface area (Å²) in [6.07, 6.45) is 2.34. The largest absolute Gasteiger partial charge is 0.398 e. The first-order valence-electron chi connectivity index (χ1n) is 6.40. The summed E-state index contributed by atoms with van der Waals surface area (Å²) in [5.41, 5.74) is 7.73. The minimum absolute atomic E-state index is 0.242. The molecule has 1 aromatic carbocycles. The molecule has 0 heterocycles. The van der Waals surface area contributed by atoms with Crippen LogP contribution in [-0.2, 0) is 4.79 Å². The van der Waals surface area contributed by atoms with Crippen LogP contribution in [0.5, 0.6) is 0 Å². The van der Waals surface area contributed by atoms with Crippen LogP contribution in [-0.4, -0.2) is 29.1 Å². The summed E-state index contributed by atoms with van der Waals surface area (Å²) in [4.78, 5) is 15.2. The summed E-state index contributed by atoms with van der Waals surface area (Å²) in [5.74, 6) is 0.751. The fraction of sp³-hybridized carbons (Fsp3) is 0.500. The van der Waals surface area contributed by atoms with Crippen molar-refractivity contribution in [1.82, 2.24) is 4.90 Å². The first-order chi connectivity index (χ1) is 8.63. The van der Waals surface area contributed by atoms with Crippen molar-refractivity contribution in [2.45, 2.75) is 37.6 Å². The molecular formula is C14H20N2OS. The third-order valence-corrected chi connectivity index (χ3v) is 4.47. The fourth-order valence-corrected chi connectivity index (χ4v) is 2.99. The average molecular weight is 264 g/mol. The van der Waals surface area contributed by atoms with E-state index in [1.54, 1.807) is 11.8 Å². The van der Waals surface area contributed by atoms with Crippen molar-refractivity contribution in [3.63, 3.8) is 0 Å². The number of thioether (sulfide) groups is 1. The number of carbonyl (C=O) groups is 1. The SMILES string of the molecule is CCN(C(=O)CSc1cccc(N)c1C)C1CC1. The number of nitrogens with zero attached hydrogens (tertiary/aromatic N) is 1. The van der Waals surface area contributed by atoms with Crippen LogP contribution in [0.25, 0.3) is 0 Å². The number of nitrogen functional groups attached to an aromatic ring is 1. The predicted molar refractivity (Wildman–Crippen MR) is 76.7 cm³/mol. The van der Waals surface area contributed by atoms with E-state index < -0.39 is 0 Å². The van der Waals surface area contributed by atoms with Crippen molar-refractivity contribution in [3.05, 3.63) is 23.8 Å². The maximum absolute atomic E-state index is 12.1. The third-order valence-electron chi connectivity index (χ3n) is 3.33. The predicted octanol–water partition coefficient (Wildman–Crippen LogP) is 2.68. The molecule has 0 spiro atoms. The number of hydrogen-bond acceptors (Lipinski definition) is 3. The molecule has 0 aliphatic heterocycles. The van der Waals surface area contributed by atoms with Crippen LogP contribution in [0.4, 0.5) is 5.69 Å². The zero-order valence-corrected chi connectivity index (χ0v) is 11.8. The Morgan fingerprint density at radius 1 is 1.50 bits per heavy atom. The molecule has 0 saturated heterocycles. The third kappa shape index (κ3) is 2.99. The van der Waals surface area contributed by atoms with Gasteiger partial charge in [0.25, 0.3) is 0 Å². The monoisotopic (exact) mass is 264 g/mol. The summed E-state index contributed by atoms with van der Waals surface area (Å²) >= 11 is 1.59. The topological polar surface area (TPSA) is 46.3 Å². The molecular weight excluding hydrogens is 244 g/mol. The lowest BCUT2D eigenvalue weighted by Crippen LogP contribution is -2.34. The Bertz CT molecular complexity index is 443. The van der Waals surface area contributed by atoms with Gasteiger partial charge in [0.05, 0.1) is 5.75 Å². The molecule has 0 bridgehead atoms. The molecule has 1 aromatic rings. The van der Waals surface area contributed by atoms with E-state index in [9.17, 15) is 4.79 Å². The van der Waals surface area contributed by atoms with E-state index >= 15 is 0 Å². The van der Waals surface area contributed by atoms with E-state index in [2.05, 4.69) is 0 Å². The lowest BCUT2D eigenvalue weighted by Gasteiger charge is -2.20. The first kappa shape index (κ1) is 13.3. The van der Waals surface area contributed by atoms with Gasteiger partial charge in [0.15, 0.2) is 0 Å². The van der Waals surface area contributed by atoms with E-state index in [1.807, 2.05) is 36.9 Å². The normalized spacial score (nSPS) is 14.6. The van der Waals surface area contributed by atoms with Gasteiger partial charge in [-0.15, -0.1) is 11.8 Å². The molecule has 98 valence electrons. The van der Waals surface area contributed by atoms with E-state index in [-0.39, 0.29) is 5.91 Å². The Kier molecular flexibility index (Phi) is 4.17. The zero-order chi connectivity index (χ0) is 13.1. The van der Waals surface area contributed by atoms with Crippen LogP contribution in [0.15, 0.2) is 23.1 Å². The fourth-order valence-electron chi connectivity index (χ4n) is 2.03. The Morgan fingerprint density at radius 3 is 2.83 bits per heavy atom. The van der Waals surface area contributed by atoms with Gasteiger partial charge < -0.3 is 10.6 Å². The summed E-state index contributed by atoms with van der Waals surface area (Å²) in [6.45, 7) is 4.87. The van der Waals surface area contributed by atoms with Gasteiger partial charge >= 0.3 is 0 Å². The maximum Gasteiger partial charge on any atom is 0.233 e. The Morgan fingerprint density at radius 2 is 2.22 bits per heavy atom. The maximum atomic E-state index is 12.1. The molecule has 1 saturated carbocycles. The molecule has 1 aliphatic rings. The quantitative estimate of drug-likeness (QED) is 0.657.